The normalized spacial score (nSPS) is 15.1. The number of aliphatic hydroxyl groups is 1. The van der Waals surface area contributed by atoms with Gasteiger partial charge in [0, 0.05) is 16.2 Å². The van der Waals surface area contributed by atoms with Crippen molar-refractivity contribution in [3.63, 3.8) is 0 Å². The van der Waals surface area contributed by atoms with Gasteiger partial charge in [0.1, 0.15) is 0 Å². The fourth-order valence-corrected chi connectivity index (χ4v) is 2.27. The molecule has 2 unspecified atom stereocenters. The number of aliphatic hydroxyl groups excluding tert-OH is 1. The second-order valence-corrected chi connectivity index (χ2v) is 4.92. The van der Waals surface area contributed by atoms with E-state index >= 15 is 0 Å². The largest absolute Gasteiger partial charge is 0.395 e. The van der Waals surface area contributed by atoms with Crippen LogP contribution in [0.4, 0.5) is 0 Å². The summed E-state index contributed by atoms with van der Waals surface area (Å²) in [5.41, 5.74) is 7.01. The molecule has 0 radical (unpaired) electrons. The molecule has 2 nitrogen and oxygen atoms in total. The van der Waals surface area contributed by atoms with Crippen LogP contribution < -0.4 is 5.73 Å². The van der Waals surface area contributed by atoms with Gasteiger partial charge in [0.2, 0.25) is 0 Å². The van der Waals surface area contributed by atoms with Gasteiger partial charge in [0.05, 0.1) is 6.61 Å². The first-order valence-electron chi connectivity index (χ1n) is 4.77. The second kappa shape index (κ2) is 5.39. The summed E-state index contributed by atoms with van der Waals surface area (Å²) in [7, 11) is 0. The number of nitrogens with two attached hydrogens (primary N) is 1. The SMILES string of the molecule is CC(CO)Sc1ccccc1C(C)N. The molecule has 3 heteroatoms. The van der Waals surface area contributed by atoms with Crippen LogP contribution in [0, 0.1) is 0 Å². The van der Waals surface area contributed by atoms with Gasteiger partial charge < -0.3 is 10.8 Å². The van der Waals surface area contributed by atoms with Crippen molar-refractivity contribution in [1.82, 2.24) is 0 Å². The van der Waals surface area contributed by atoms with E-state index in [1.165, 1.54) is 4.90 Å². The zero-order chi connectivity index (χ0) is 10.6. The predicted octanol–water partition coefficient (Wildman–Crippen LogP) is 2.18. The molecule has 0 bridgehead atoms. The van der Waals surface area contributed by atoms with Crippen LogP contribution in [0.2, 0.25) is 0 Å². The van der Waals surface area contributed by atoms with Crippen molar-refractivity contribution in [2.45, 2.75) is 30.0 Å². The zero-order valence-corrected chi connectivity index (χ0v) is 9.42. The van der Waals surface area contributed by atoms with Gasteiger partial charge in [-0.1, -0.05) is 25.1 Å². The van der Waals surface area contributed by atoms with Crippen LogP contribution in [0.15, 0.2) is 29.2 Å². The molecule has 0 fully saturated rings. The summed E-state index contributed by atoms with van der Waals surface area (Å²) in [5.74, 6) is 0. The third-order valence-corrected chi connectivity index (χ3v) is 3.17. The van der Waals surface area contributed by atoms with Crippen LogP contribution in [-0.2, 0) is 0 Å². The fourth-order valence-electron chi connectivity index (χ4n) is 1.22. The molecule has 1 aromatic carbocycles. The summed E-state index contributed by atoms with van der Waals surface area (Å²) < 4.78 is 0. The van der Waals surface area contributed by atoms with Crippen LogP contribution in [0.25, 0.3) is 0 Å². The highest BCUT2D eigenvalue weighted by molar-refractivity contribution is 8.00. The number of hydrogen-bond acceptors (Lipinski definition) is 3. The van der Waals surface area contributed by atoms with E-state index in [-0.39, 0.29) is 17.9 Å². The molecule has 0 saturated heterocycles. The first-order chi connectivity index (χ1) is 6.65. The van der Waals surface area contributed by atoms with E-state index < -0.39 is 0 Å². The minimum atomic E-state index is 0.0459. The molecule has 1 rings (SSSR count). The molecule has 78 valence electrons. The Kier molecular flexibility index (Phi) is 4.45. The molecule has 1 aromatic rings. The van der Waals surface area contributed by atoms with Crippen molar-refractivity contribution in [2.75, 3.05) is 6.61 Å². The number of thioether (sulfide) groups is 1. The van der Waals surface area contributed by atoms with Crippen molar-refractivity contribution in [2.24, 2.45) is 5.73 Å². The maximum atomic E-state index is 8.97. The minimum Gasteiger partial charge on any atom is -0.395 e. The highest BCUT2D eigenvalue weighted by Crippen LogP contribution is 2.29. The van der Waals surface area contributed by atoms with E-state index in [0.29, 0.717) is 0 Å². The third-order valence-electron chi connectivity index (χ3n) is 1.99. The van der Waals surface area contributed by atoms with E-state index in [9.17, 15) is 0 Å². The standard InChI is InChI=1S/C11H17NOS/c1-8(7-13)14-11-6-4-3-5-10(11)9(2)12/h3-6,8-9,13H,7,12H2,1-2H3. The first-order valence-corrected chi connectivity index (χ1v) is 5.65. The molecule has 0 aromatic heterocycles. The molecule has 0 aliphatic rings. The fraction of sp³-hybridized carbons (Fsp3) is 0.455. The Morgan fingerprint density at radius 2 is 2.00 bits per heavy atom. The first kappa shape index (κ1) is 11.6. The van der Waals surface area contributed by atoms with Crippen LogP contribution in [0.1, 0.15) is 25.5 Å². The predicted molar refractivity (Wildman–Crippen MR) is 61.4 cm³/mol. The Morgan fingerprint density at radius 3 is 2.57 bits per heavy atom. The highest BCUT2D eigenvalue weighted by atomic mass is 32.2. The van der Waals surface area contributed by atoms with Gasteiger partial charge in [-0.15, -0.1) is 11.8 Å². The van der Waals surface area contributed by atoms with E-state index in [2.05, 4.69) is 6.07 Å². The Hall–Kier alpha value is -0.510. The van der Waals surface area contributed by atoms with Gasteiger partial charge in [-0.3, -0.25) is 0 Å². The molecule has 0 spiro atoms. The van der Waals surface area contributed by atoms with Gasteiger partial charge >= 0.3 is 0 Å². The average Bonchev–Trinajstić information content (AvgIpc) is 2.18. The van der Waals surface area contributed by atoms with E-state index in [0.717, 1.165) is 5.56 Å². The van der Waals surface area contributed by atoms with Crippen LogP contribution in [0.5, 0.6) is 0 Å². The van der Waals surface area contributed by atoms with Gasteiger partial charge in [0.25, 0.3) is 0 Å². The molecule has 0 amide bonds. The average molecular weight is 211 g/mol. The smallest absolute Gasteiger partial charge is 0.0550 e. The maximum Gasteiger partial charge on any atom is 0.0550 e. The van der Waals surface area contributed by atoms with Crippen molar-refractivity contribution in [3.8, 4) is 0 Å². The molecule has 14 heavy (non-hydrogen) atoms. The molecule has 0 aliphatic heterocycles. The van der Waals surface area contributed by atoms with Gasteiger partial charge in [-0.05, 0) is 18.6 Å². The van der Waals surface area contributed by atoms with Gasteiger partial charge in [-0.25, -0.2) is 0 Å². The second-order valence-electron chi connectivity index (χ2n) is 3.44. The summed E-state index contributed by atoms with van der Waals surface area (Å²) in [6.45, 7) is 4.17. The lowest BCUT2D eigenvalue weighted by atomic mass is 10.1. The van der Waals surface area contributed by atoms with Crippen molar-refractivity contribution >= 4 is 11.8 Å². The van der Waals surface area contributed by atoms with Gasteiger partial charge in [0.15, 0.2) is 0 Å². The van der Waals surface area contributed by atoms with Gasteiger partial charge in [-0.2, -0.15) is 0 Å². The number of benzene rings is 1. The Morgan fingerprint density at radius 1 is 1.36 bits per heavy atom. The lowest BCUT2D eigenvalue weighted by molar-refractivity contribution is 0.300. The Labute approximate surface area is 89.5 Å². The number of hydrogen-bond donors (Lipinski definition) is 2. The summed E-state index contributed by atoms with van der Waals surface area (Å²) in [4.78, 5) is 1.17. The topological polar surface area (TPSA) is 46.2 Å². The zero-order valence-electron chi connectivity index (χ0n) is 8.60. The molecule has 2 atom stereocenters. The maximum absolute atomic E-state index is 8.97. The lowest BCUT2D eigenvalue weighted by Gasteiger charge is -2.14. The monoisotopic (exact) mass is 211 g/mol. The van der Waals surface area contributed by atoms with Crippen LogP contribution in [-0.4, -0.2) is 17.0 Å². The quantitative estimate of drug-likeness (QED) is 0.750. The Balaban J connectivity index is 2.84. The molecule has 0 heterocycles. The lowest BCUT2D eigenvalue weighted by Crippen LogP contribution is -2.08. The molecule has 3 N–H and O–H groups in total. The third kappa shape index (κ3) is 3.01. The van der Waals surface area contributed by atoms with E-state index in [1.54, 1.807) is 11.8 Å². The van der Waals surface area contributed by atoms with E-state index in [1.807, 2.05) is 32.0 Å². The number of rotatable bonds is 4. The molecular weight excluding hydrogens is 194 g/mol. The highest BCUT2D eigenvalue weighted by Gasteiger charge is 2.09. The van der Waals surface area contributed by atoms with Crippen molar-refractivity contribution < 1.29 is 5.11 Å². The molecule has 0 aliphatic carbocycles. The van der Waals surface area contributed by atoms with Crippen LogP contribution in [0.3, 0.4) is 0 Å². The summed E-state index contributed by atoms with van der Waals surface area (Å²) in [6, 6.07) is 8.13. The minimum absolute atomic E-state index is 0.0459. The molecular formula is C11H17NOS. The van der Waals surface area contributed by atoms with Crippen molar-refractivity contribution in [3.05, 3.63) is 29.8 Å². The Bertz CT molecular complexity index is 288. The summed E-state index contributed by atoms with van der Waals surface area (Å²) in [5, 5.41) is 9.19. The summed E-state index contributed by atoms with van der Waals surface area (Å²) in [6.07, 6.45) is 0. The summed E-state index contributed by atoms with van der Waals surface area (Å²) >= 11 is 1.67. The van der Waals surface area contributed by atoms with E-state index in [4.69, 9.17) is 10.8 Å². The van der Waals surface area contributed by atoms with Crippen LogP contribution >= 0.6 is 11.8 Å². The van der Waals surface area contributed by atoms with Crippen molar-refractivity contribution in [1.29, 1.82) is 0 Å². The molecule has 0 saturated carbocycles.